The highest BCUT2D eigenvalue weighted by molar-refractivity contribution is 5.29. The Morgan fingerprint density at radius 2 is 2.41 bits per heavy atom. The molecule has 0 radical (unpaired) electrons. The first-order valence-corrected chi connectivity index (χ1v) is 6.26. The molecule has 1 unspecified atom stereocenters. The predicted molar refractivity (Wildman–Crippen MR) is 64.8 cm³/mol. The standard InChI is InChI=1S/C12H17N5/c1-2-9-7-14-12-16-15-11(17(12)8-9)5-10-3-4-13-6-10/h7-8,10,13H,2-6H2,1H3. The first-order chi connectivity index (χ1) is 8.36. The molecule has 3 rings (SSSR count). The molecule has 2 aromatic rings. The number of hydrogen-bond donors (Lipinski definition) is 1. The summed E-state index contributed by atoms with van der Waals surface area (Å²) in [5.74, 6) is 2.44. The molecular formula is C12H17N5. The Balaban J connectivity index is 1.92. The van der Waals surface area contributed by atoms with Crippen molar-refractivity contribution in [2.24, 2.45) is 5.92 Å². The molecule has 0 aliphatic carbocycles. The molecule has 1 aliphatic heterocycles. The van der Waals surface area contributed by atoms with Crippen LogP contribution in [0, 0.1) is 5.92 Å². The van der Waals surface area contributed by atoms with Crippen LogP contribution in [0.2, 0.25) is 0 Å². The third kappa shape index (κ3) is 2.02. The van der Waals surface area contributed by atoms with E-state index in [9.17, 15) is 0 Å². The van der Waals surface area contributed by atoms with Crippen LogP contribution in [-0.4, -0.2) is 32.7 Å². The van der Waals surface area contributed by atoms with Gasteiger partial charge in [-0.1, -0.05) is 6.92 Å². The van der Waals surface area contributed by atoms with Crippen LogP contribution in [0.5, 0.6) is 0 Å². The van der Waals surface area contributed by atoms with E-state index in [1.807, 2.05) is 10.6 Å². The average Bonchev–Trinajstić information content (AvgIpc) is 2.99. The quantitative estimate of drug-likeness (QED) is 0.850. The van der Waals surface area contributed by atoms with Gasteiger partial charge in [0.15, 0.2) is 0 Å². The second kappa shape index (κ2) is 4.41. The maximum Gasteiger partial charge on any atom is 0.254 e. The lowest BCUT2D eigenvalue weighted by molar-refractivity contribution is 0.558. The van der Waals surface area contributed by atoms with Crippen molar-refractivity contribution >= 4 is 5.78 Å². The van der Waals surface area contributed by atoms with E-state index in [1.54, 1.807) is 0 Å². The molecule has 3 heterocycles. The lowest BCUT2D eigenvalue weighted by Gasteiger charge is -2.06. The van der Waals surface area contributed by atoms with Crippen molar-refractivity contribution in [3.05, 3.63) is 23.8 Å². The first kappa shape index (κ1) is 10.7. The third-order valence-electron chi connectivity index (χ3n) is 3.43. The second-order valence-electron chi connectivity index (χ2n) is 4.66. The Morgan fingerprint density at radius 1 is 1.47 bits per heavy atom. The zero-order chi connectivity index (χ0) is 11.7. The van der Waals surface area contributed by atoms with Crippen LogP contribution < -0.4 is 5.32 Å². The number of nitrogens with zero attached hydrogens (tertiary/aromatic N) is 4. The van der Waals surface area contributed by atoms with Crippen molar-refractivity contribution < 1.29 is 0 Å². The zero-order valence-corrected chi connectivity index (χ0v) is 10.1. The van der Waals surface area contributed by atoms with Crippen LogP contribution in [0.1, 0.15) is 24.7 Å². The summed E-state index contributed by atoms with van der Waals surface area (Å²) in [7, 11) is 0. The molecule has 17 heavy (non-hydrogen) atoms. The molecule has 5 nitrogen and oxygen atoms in total. The van der Waals surface area contributed by atoms with Crippen molar-refractivity contribution in [1.29, 1.82) is 0 Å². The number of aryl methyl sites for hydroxylation is 1. The summed E-state index contributed by atoms with van der Waals surface area (Å²) in [5, 5.41) is 11.8. The molecule has 0 spiro atoms. The second-order valence-corrected chi connectivity index (χ2v) is 4.66. The molecule has 1 saturated heterocycles. The monoisotopic (exact) mass is 231 g/mol. The van der Waals surface area contributed by atoms with E-state index in [4.69, 9.17) is 0 Å². The first-order valence-electron chi connectivity index (χ1n) is 6.26. The minimum atomic E-state index is 0.688. The molecule has 0 bridgehead atoms. The van der Waals surface area contributed by atoms with Crippen LogP contribution in [-0.2, 0) is 12.8 Å². The predicted octanol–water partition coefficient (Wildman–Crippen LogP) is 0.839. The molecule has 0 saturated carbocycles. The van der Waals surface area contributed by atoms with Crippen LogP contribution in [0.25, 0.3) is 5.78 Å². The van der Waals surface area contributed by atoms with Gasteiger partial charge in [0.05, 0.1) is 0 Å². The number of rotatable bonds is 3. The third-order valence-corrected chi connectivity index (χ3v) is 3.43. The molecule has 1 fully saturated rings. The fourth-order valence-electron chi connectivity index (χ4n) is 2.34. The molecule has 90 valence electrons. The van der Waals surface area contributed by atoms with Crippen molar-refractivity contribution in [3.8, 4) is 0 Å². The summed E-state index contributed by atoms with van der Waals surface area (Å²) >= 11 is 0. The van der Waals surface area contributed by atoms with Gasteiger partial charge in [0.1, 0.15) is 5.82 Å². The van der Waals surface area contributed by atoms with Gasteiger partial charge >= 0.3 is 0 Å². The Labute approximate surface area is 100 Å². The largest absolute Gasteiger partial charge is 0.316 e. The Hall–Kier alpha value is -1.49. The number of hydrogen-bond acceptors (Lipinski definition) is 4. The molecule has 1 atom stereocenters. The van der Waals surface area contributed by atoms with E-state index in [0.29, 0.717) is 11.7 Å². The van der Waals surface area contributed by atoms with Gasteiger partial charge in [0.25, 0.3) is 5.78 Å². The van der Waals surface area contributed by atoms with Crippen molar-refractivity contribution in [3.63, 3.8) is 0 Å². The van der Waals surface area contributed by atoms with Crippen molar-refractivity contribution in [1.82, 2.24) is 24.9 Å². The summed E-state index contributed by atoms with van der Waals surface area (Å²) in [5.41, 5.74) is 1.23. The van der Waals surface area contributed by atoms with E-state index >= 15 is 0 Å². The topological polar surface area (TPSA) is 55.1 Å². The summed E-state index contributed by atoms with van der Waals surface area (Å²) in [4.78, 5) is 4.32. The van der Waals surface area contributed by atoms with Gasteiger partial charge in [-0.2, -0.15) is 0 Å². The number of aromatic nitrogens is 4. The van der Waals surface area contributed by atoms with Gasteiger partial charge in [-0.15, -0.1) is 10.2 Å². The van der Waals surface area contributed by atoms with E-state index in [1.165, 1.54) is 12.0 Å². The number of nitrogens with one attached hydrogen (secondary N) is 1. The molecule has 2 aromatic heterocycles. The van der Waals surface area contributed by atoms with Crippen LogP contribution in [0.4, 0.5) is 0 Å². The van der Waals surface area contributed by atoms with Gasteiger partial charge in [0.2, 0.25) is 0 Å². The zero-order valence-electron chi connectivity index (χ0n) is 10.1. The lowest BCUT2D eigenvalue weighted by Crippen LogP contribution is -2.12. The fraction of sp³-hybridized carbons (Fsp3) is 0.583. The van der Waals surface area contributed by atoms with Gasteiger partial charge < -0.3 is 5.32 Å². The molecule has 1 N–H and O–H groups in total. The van der Waals surface area contributed by atoms with Crippen LogP contribution >= 0.6 is 0 Å². The molecule has 0 aromatic carbocycles. The lowest BCUT2D eigenvalue weighted by atomic mass is 10.0. The molecular weight excluding hydrogens is 214 g/mol. The van der Waals surface area contributed by atoms with Crippen LogP contribution in [0.3, 0.4) is 0 Å². The SMILES string of the molecule is CCc1cnc2nnc(CC3CCNC3)n2c1. The Kier molecular flexibility index (Phi) is 2.76. The van der Waals surface area contributed by atoms with E-state index in [-0.39, 0.29) is 0 Å². The highest BCUT2D eigenvalue weighted by Gasteiger charge is 2.18. The molecule has 5 heteroatoms. The Morgan fingerprint density at radius 3 is 3.18 bits per heavy atom. The Bertz CT molecular complexity index is 513. The minimum absolute atomic E-state index is 0.688. The summed E-state index contributed by atoms with van der Waals surface area (Å²) in [6.45, 7) is 4.35. The van der Waals surface area contributed by atoms with Gasteiger partial charge in [-0.3, -0.25) is 4.40 Å². The maximum atomic E-state index is 4.32. The van der Waals surface area contributed by atoms with Gasteiger partial charge in [-0.25, -0.2) is 4.98 Å². The smallest absolute Gasteiger partial charge is 0.254 e. The average molecular weight is 231 g/mol. The number of fused-ring (bicyclic) bond motifs is 1. The summed E-state index contributed by atoms with van der Waals surface area (Å²) in [6.07, 6.45) is 7.20. The van der Waals surface area contributed by atoms with E-state index < -0.39 is 0 Å². The maximum absolute atomic E-state index is 4.32. The van der Waals surface area contributed by atoms with Crippen LogP contribution in [0.15, 0.2) is 12.4 Å². The normalized spacial score (nSPS) is 20.2. The van der Waals surface area contributed by atoms with Crippen molar-refractivity contribution in [2.75, 3.05) is 13.1 Å². The summed E-state index contributed by atoms with van der Waals surface area (Å²) < 4.78 is 2.04. The van der Waals surface area contributed by atoms with Gasteiger partial charge in [0, 0.05) is 18.8 Å². The fourth-order valence-corrected chi connectivity index (χ4v) is 2.34. The minimum Gasteiger partial charge on any atom is -0.316 e. The van der Waals surface area contributed by atoms with E-state index in [2.05, 4.69) is 33.6 Å². The summed E-state index contributed by atoms with van der Waals surface area (Å²) in [6, 6.07) is 0. The molecule has 1 aliphatic rings. The molecule has 0 amide bonds. The van der Waals surface area contributed by atoms with Crippen molar-refractivity contribution in [2.45, 2.75) is 26.2 Å². The highest BCUT2D eigenvalue weighted by Crippen LogP contribution is 2.14. The van der Waals surface area contributed by atoms with E-state index in [0.717, 1.165) is 31.8 Å². The van der Waals surface area contributed by atoms with Gasteiger partial charge in [-0.05, 0) is 37.4 Å². The highest BCUT2D eigenvalue weighted by atomic mass is 15.3.